The van der Waals surface area contributed by atoms with Crippen LogP contribution in [0.25, 0.3) is 22.3 Å². The monoisotopic (exact) mass is 652 g/mol. The van der Waals surface area contributed by atoms with Gasteiger partial charge in [0, 0.05) is 27.7 Å². The van der Waals surface area contributed by atoms with Crippen molar-refractivity contribution in [3.8, 4) is 22.9 Å². The van der Waals surface area contributed by atoms with E-state index in [0.29, 0.717) is 21.3 Å². The number of fused-ring (bicyclic) bond motifs is 1. The smallest absolute Gasteiger partial charge is 0.416 e. The molecule has 1 aromatic heterocycles. The van der Waals surface area contributed by atoms with Crippen LogP contribution in [0.5, 0.6) is 11.5 Å². The molecule has 0 aliphatic heterocycles. The number of para-hydroxylation sites is 1. The Balaban J connectivity index is 1.62. The third-order valence-electron chi connectivity index (χ3n) is 6.29. The molecule has 0 aliphatic rings. The highest BCUT2D eigenvalue weighted by molar-refractivity contribution is 9.10. The molecular formula is C30H20BrF3N4O5. The van der Waals surface area contributed by atoms with E-state index in [1.807, 2.05) is 0 Å². The number of halogens is 4. The summed E-state index contributed by atoms with van der Waals surface area (Å²) in [6.45, 7) is -0.0620. The zero-order chi connectivity index (χ0) is 30.7. The van der Waals surface area contributed by atoms with Crippen LogP contribution in [0.2, 0.25) is 0 Å². The Morgan fingerprint density at radius 3 is 2.56 bits per heavy atom. The predicted octanol–water partition coefficient (Wildman–Crippen LogP) is 7.22. The van der Waals surface area contributed by atoms with E-state index in [1.165, 1.54) is 43.7 Å². The number of aromatic nitrogens is 2. The first-order valence-corrected chi connectivity index (χ1v) is 13.3. The number of non-ortho nitro benzene ring substituents is 1. The van der Waals surface area contributed by atoms with Crippen LogP contribution in [0.1, 0.15) is 16.7 Å². The van der Waals surface area contributed by atoms with Gasteiger partial charge in [0.15, 0.2) is 17.3 Å². The van der Waals surface area contributed by atoms with Crippen LogP contribution >= 0.6 is 15.9 Å². The lowest BCUT2D eigenvalue weighted by atomic mass is 10.1. The minimum absolute atomic E-state index is 0.0313. The van der Waals surface area contributed by atoms with Gasteiger partial charge in [0.25, 0.3) is 11.2 Å². The van der Waals surface area contributed by atoms with Gasteiger partial charge in [-0.15, -0.1) is 0 Å². The number of hydrogen-bond acceptors (Lipinski definition) is 7. The first-order chi connectivity index (χ1) is 20.5. The molecule has 13 heteroatoms. The van der Waals surface area contributed by atoms with Gasteiger partial charge in [0.05, 0.1) is 34.7 Å². The third-order valence-corrected chi connectivity index (χ3v) is 6.74. The largest absolute Gasteiger partial charge is 0.493 e. The summed E-state index contributed by atoms with van der Waals surface area (Å²) in [5.41, 5.74) is -0.432. The predicted molar refractivity (Wildman–Crippen MR) is 158 cm³/mol. The van der Waals surface area contributed by atoms with E-state index < -0.39 is 22.2 Å². The summed E-state index contributed by atoms with van der Waals surface area (Å²) in [6.07, 6.45) is -3.31. The maximum Gasteiger partial charge on any atom is 0.416 e. The molecule has 0 saturated heterocycles. The average Bonchev–Trinajstić information content (AvgIpc) is 2.99. The van der Waals surface area contributed by atoms with Crippen molar-refractivity contribution in [1.29, 1.82) is 0 Å². The molecule has 0 amide bonds. The second-order valence-electron chi connectivity index (χ2n) is 9.13. The lowest BCUT2D eigenvalue weighted by Crippen LogP contribution is -2.20. The van der Waals surface area contributed by atoms with Crippen molar-refractivity contribution in [3.63, 3.8) is 0 Å². The van der Waals surface area contributed by atoms with Gasteiger partial charge >= 0.3 is 6.18 Å². The van der Waals surface area contributed by atoms with Gasteiger partial charge in [-0.2, -0.15) is 22.9 Å². The Morgan fingerprint density at radius 1 is 1.05 bits per heavy atom. The summed E-state index contributed by atoms with van der Waals surface area (Å²) >= 11 is 3.40. The quantitative estimate of drug-likeness (QED) is 0.0994. The molecule has 0 saturated carbocycles. The fourth-order valence-corrected chi connectivity index (χ4v) is 4.73. The molecule has 0 N–H and O–H groups in total. The molecule has 0 fully saturated rings. The molecule has 43 heavy (non-hydrogen) atoms. The second-order valence-corrected chi connectivity index (χ2v) is 10.1. The Labute approximate surface area is 250 Å². The molecule has 4 aromatic carbocycles. The van der Waals surface area contributed by atoms with Crippen LogP contribution < -0.4 is 15.0 Å². The molecule has 0 aliphatic carbocycles. The minimum atomic E-state index is -4.61. The van der Waals surface area contributed by atoms with Crippen LogP contribution in [-0.4, -0.2) is 27.9 Å². The van der Waals surface area contributed by atoms with E-state index >= 15 is 0 Å². The van der Waals surface area contributed by atoms with Crippen LogP contribution in [-0.2, 0) is 12.8 Å². The zero-order valence-corrected chi connectivity index (χ0v) is 23.8. The topological polar surface area (TPSA) is 109 Å². The lowest BCUT2D eigenvalue weighted by Gasteiger charge is -2.15. The molecule has 0 atom stereocenters. The lowest BCUT2D eigenvalue weighted by molar-refractivity contribution is -0.384. The molecule has 1 heterocycles. The first kappa shape index (κ1) is 29.5. The highest BCUT2D eigenvalue weighted by Crippen LogP contribution is 2.35. The minimum Gasteiger partial charge on any atom is -0.493 e. The van der Waals surface area contributed by atoms with Crippen LogP contribution in [0.15, 0.2) is 99.3 Å². The average molecular weight is 653 g/mol. The van der Waals surface area contributed by atoms with Gasteiger partial charge in [-0.25, -0.2) is 4.98 Å². The summed E-state index contributed by atoms with van der Waals surface area (Å²) in [5.74, 6) is 0.402. The van der Waals surface area contributed by atoms with Crippen molar-refractivity contribution in [2.45, 2.75) is 12.8 Å². The molecule has 5 aromatic rings. The van der Waals surface area contributed by atoms with Gasteiger partial charge in [0.2, 0.25) is 0 Å². The number of alkyl halides is 3. The van der Waals surface area contributed by atoms with Gasteiger partial charge < -0.3 is 9.47 Å². The summed E-state index contributed by atoms with van der Waals surface area (Å²) in [7, 11) is 1.42. The summed E-state index contributed by atoms with van der Waals surface area (Å²) in [4.78, 5) is 28.7. The molecule has 9 nitrogen and oxygen atoms in total. The number of methoxy groups -OCH3 is 1. The molecule has 0 radical (unpaired) electrons. The molecular weight excluding hydrogens is 633 g/mol. The molecule has 5 rings (SSSR count). The van der Waals surface area contributed by atoms with Crippen LogP contribution in [0, 0.1) is 10.1 Å². The van der Waals surface area contributed by atoms with E-state index in [0.717, 1.165) is 16.8 Å². The molecule has 0 spiro atoms. The van der Waals surface area contributed by atoms with Gasteiger partial charge in [-0.05, 0) is 42.0 Å². The Bertz CT molecular complexity index is 1940. The van der Waals surface area contributed by atoms with Crippen molar-refractivity contribution in [2.24, 2.45) is 5.10 Å². The van der Waals surface area contributed by atoms with Gasteiger partial charge in [-0.3, -0.25) is 14.9 Å². The maximum absolute atomic E-state index is 13.6. The van der Waals surface area contributed by atoms with Crippen molar-refractivity contribution in [1.82, 2.24) is 9.66 Å². The second kappa shape index (κ2) is 12.1. The zero-order valence-electron chi connectivity index (χ0n) is 22.2. The van der Waals surface area contributed by atoms with E-state index in [-0.39, 0.29) is 40.3 Å². The fourth-order valence-electron chi connectivity index (χ4n) is 4.28. The standard InChI is InChI=1S/C30H20BrF3N4O5/c1-42-26-15-22(31)14-20(27(26)43-17-18-6-4-9-23(12-18)38(40)41)16-35-37-28(19-7-5-8-21(13-19)30(32,33)34)36-25-11-3-2-10-24(25)29(37)39/h2-16H,17H2,1H3. The summed E-state index contributed by atoms with van der Waals surface area (Å²) in [6, 6.07) is 20.1. The van der Waals surface area contributed by atoms with Crippen molar-refractivity contribution in [2.75, 3.05) is 7.11 Å². The van der Waals surface area contributed by atoms with Crippen molar-refractivity contribution >= 4 is 38.7 Å². The number of nitro benzene ring substituents is 1. The highest BCUT2D eigenvalue weighted by Gasteiger charge is 2.31. The van der Waals surface area contributed by atoms with Gasteiger partial charge in [-0.1, -0.05) is 52.3 Å². The number of benzene rings is 4. The van der Waals surface area contributed by atoms with Crippen LogP contribution in [0.4, 0.5) is 18.9 Å². The van der Waals surface area contributed by atoms with Crippen LogP contribution in [0.3, 0.4) is 0 Å². The third kappa shape index (κ3) is 6.41. The Hall–Kier alpha value is -5.04. The highest BCUT2D eigenvalue weighted by atomic mass is 79.9. The van der Waals surface area contributed by atoms with E-state index in [4.69, 9.17) is 9.47 Å². The number of hydrogen-bond donors (Lipinski definition) is 0. The SMILES string of the molecule is COc1cc(Br)cc(C=Nn2c(-c3cccc(C(F)(F)F)c3)nc3ccccc3c2=O)c1OCc1cccc([N+](=O)[O-])c1. The van der Waals surface area contributed by atoms with Crippen molar-refractivity contribution < 1.29 is 27.6 Å². The number of rotatable bonds is 8. The number of ether oxygens (including phenoxy) is 2. The first-order valence-electron chi connectivity index (χ1n) is 12.5. The maximum atomic E-state index is 13.6. The normalized spacial score (nSPS) is 11.7. The van der Waals surface area contributed by atoms with E-state index in [2.05, 4.69) is 26.0 Å². The van der Waals surface area contributed by atoms with Crippen molar-refractivity contribution in [3.05, 3.63) is 127 Å². The fraction of sp³-hybridized carbons (Fsp3) is 0.100. The Morgan fingerprint density at radius 2 is 1.81 bits per heavy atom. The van der Waals surface area contributed by atoms with E-state index in [1.54, 1.807) is 42.5 Å². The Kier molecular flexibility index (Phi) is 8.26. The molecule has 0 unspecified atom stereocenters. The number of nitrogens with zero attached hydrogens (tertiary/aromatic N) is 4. The summed E-state index contributed by atoms with van der Waals surface area (Å²) < 4.78 is 53.5. The van der Waals surface area contributed by atoms with E-state index in [9.17, 15) is 28.1 Å². The molecule has 0 bridgehead atoms. The molecule has 218 valence electrons. The summed E-state index contributed by atoms with van der Waals surface area (Å²) in [5, 5.41) is 15.7. The van der Waals surface area contributed by atoms with Gasteiger partial charge in [0.1, 0.15) is 6.61 Å². The number of nitro groups is 1.